The van der Waals surface area contributed by atoms with Crippen molar-refractivity contribution in [1.29, 1.82) is 0 Å². The van der Waals surface area contributed by atoms with Crippen molar-refractivity contribution < 1.29 is 4.48 Å². The third kappa shape index (κ3) is 3.82. The van der Waals surface area contributed by atoms with Crippen LogP contribution >= 0.6 is 0 Å². The second-order valence-corrected chi connectivity index (χ2v) is 6.49. The first kappa shape index (κ1) is 14.6. The van der Waals surface area contributed by atoms with E-state index in [-0.39, 0.29) is 0 Å². The van der Waals surface area contributed by atoms with E-state index in [1.165, 1.54) is 50.8 Å². The predicted octanol–water partition coefficient (Wildman–Crippen LogP) is 4.72. The average molecular weight is 260 g/mol. The Morgan fingerprint density at radius 3 is 2.05 bits per heavy atom. The van der Waals surface area contributed by atoms with E-state index in [1.54, 1.807) is 5.56 Å². The van der Waals surface area contributed by atoms with Gasteiger partial charge in [-0.3, -0.25) is 0 Å². The molecule has 0 radical (unpaired) electrons. The highest BCUT2D eigenvalue weighted by atomic mass is 15.3. The number of benzene rings is 1. The quantitative estimate of drug-likeness (QED) is 0.672. The van der Waals surface area contributed by atoms with Crippen molar-refractivity contribution in [3.05, 3.63) is 35.4 Å². The highest BCUT2D eigenvalue weighted by molar-refractivity contribution is 5.25. The molecule has 1 aromatic carbocycles. The van der Waals surface area contributed by atoms with Crippen LogP contribution in [0.2, 0.25) is 0 Å². The molecule has 1 nitrogen and oxygen atoms in total. The lowest BCUT2D eigenvalue weighted by molar-refractivity contribution is -0.919. The lowest BCUT2D eigenvalue weighted by Gasteiger charge is -2.32. The van der Waals surface area contributed by atoms with Crippen LogP contribution in [0.15, 0.2) is 24.3 Å². The second kappa shape index (κ2) is 6.56. The first-order valence-electron chi connectivity index (χ1n) is 8.09. The summed E-state index contributed by atoms with van der Waals surface area (Å²) in [6.07, 6.45) is 7.09. The van der Waals surface area contributed by atoms with Gasteiger partial charge in [-0.25, -0.2) is 0 Å². The van der Waals surface area contributed by atoms with Crippen LogP contribution in [0.5, 0.6) is 0 Å². The third-order valence-corrected chi connectivity index (χ3v) is 5.15. The molecule has 1 saturated carbocycles. The summed E-state index contributed by atoms with van der Waals surface area (Å²) in [6.45, 7) is 8.17. The van der Waals surface area contributed by atoms with E-state index < -0.39 is 0 Å². The van der Waals surface area contributed by atoms with Gasteiger partial charge in [0.2, 0.25) is 0 Å². The molecule has 1 aromatic rings. The van der Waals surface area contributed by atoms with Crippen LogP contribution in [-0.2, 0) is 6.54 Å². The fraction of sp³-hybridized carbons (Fsp3) is 0.667. The molecule has 0 N–H and O–H groups in total. The molecule has 1 fully saturated rings. The molecule has 0 amide bonds. The molecule has 0 spiro atoms. The number of quaternary nitrogens is 1. The SMILES string of the molecule is CC[N+](C)(CC)Cc1ccc(C2CCCCC2)cc1. The standard InChI is InChI=1S/C18H30N/c1-4-19(3,5-2)15-16-11-13-18(14-12-16)17-9-7-6-8-10-17/h11-14,17H,4-10,15H2,1-3H3/q+1. The van der Waals surface area contributed by atoms with Crippen LogP contribution in [0.25, 0.3) is 0 Å². The molecule has 1 aliphatic carbocycles. The number of rotatable bonds is 5. The summed E-state index contributed by atoms with van der Waals surface area (Å²) in [5.41, 5.74) is 3.07. The van der Waals surface area contributed by atoms with Gasteiger partial charge in [-0.05, 0) is 38.2 Å². The van der Waals surface area contributed by atoms with Crippen molar-refractivity contribution in [1.82, 2.24) is 0 Å². The van der Waals surface area contributed by atoms with Crippen molar-refractivity contribution in [2.75, 3.05) is 20.1 Å². The number of hydrogen-bond donors (Lipinski definition) is 0. The van der Waals surface area contributed by atoms with E-state index in [1.807, 2.05) is 0 Å². The van der Waals surface area contributed by atoms with Crippen LogP contribution in [0.3, 0.4) is 0 Å². The maximum Gasteiger partial charge on any atom is 0.104 e. The van der Waals surface area contributed by atoms with Gasteiger partial charge in [-0.1, -0.05) is 43.5 Å². The zero-order valence-electron chi connectivity index (χ0n) is 13.0. The topological polar surface area (TPSA) is 0 Å². The van der Waals surface area contributed by atoms with Gasteiger partial charge in [0.1, 0.15) is 6.54 Å². The molecule has 0 unspecified atom stereocenters. The molecule has 2 rings (SSSR count). The predicted molar refractivity (Wildman–Crippen MR) is 83.2 cm³/mol. The molecular weight excluding hydrogens is 230 g/mol. The van der Waals surface area contributed by atoms with E-state index in [9.17, 15) is 0 Å². The van der Waals surface area contributed by atoms with Crippen LogP contribution in [0, 0.1) is 0 Å². The summed E-state index contributed by atoms with van der Waals surface area (Å²) in [5, 5.41) is 0. The molecule has 0 aromatic heterocycles. The molecule has 1 heteroatoms. The number of nitrogens with zero attached hydrogens (tertiary/aromatic N) is 1. The molecule has 0 atom stereocenters. The monoisotopic (exact) mass is 260 g/mol. The molecule has 106 valence electrons. The van der Waals surface area contributed by atoms with Crippen LogP contribution < -0.4 is 0 Å². The van der Waals surface area contributed by atoms with E-state index in [0.717, 1.165) is 16.9 Å². The first-order valence-corrected chi connectivity index (χ1v) is 8.09. The summed E-state index contributed by atoms with van der Waals surface area (Å²) in [7, 11) is 2.36. The van der Waals surface area contributed by atoms with Gasteiger partial charge in [0.05, 0.1) is 20.1 Å². The molecule has 1 aliphatic rings. The fourth-order valence-corrected chi connectivity index (χ4v) is 3.22. The molecule has 0 heterocycles. The van der Waals surface area contributed by atoms with Crippen molar-refractivity contribution >= 4 is 0 Å². The lowest BCUT2D eigenvalue weighted by atomic mass is 9.84. The van der Waals surface area contributed by atoms with Gasteiger partial charge in [0.25, 0.3) is 0 Å². The average Bonchev–Trinajstić information content (AvgIpc) is 2.49. The van der Waals surface area contributed by atoms with Gasteiger partial charge in [-0.15, -0.1) is 0 Å². The Hall–Kier alpha value is -0.820. The number of hydrogen-bond acceptors (Lipinski definition) is 0. The van der Waals surface area contributed by atoms with Gasteiger partial charge < -0.3 is 4.48 Å². The third-order valence-electron chi connectivity index (χ3n) is 5.15. The summed E-state index contributed by atoms with van der Waals surface area (Å²) < 4.78 is 1.14. The molecule has 19 heavy (non-hydrogen) atoms. The Kier molecular flexibility index (Phi) is 5.04. The fourth-order valence-electron chi connectivity index (χ4n) is 3.22. The van der Waals surface area contributed by atoms with Crippen molar-refractivity contribution in [3.8, 4) is 0 Å². The Morgan fingerprint density at radius 1 is 0.947 bits per heavy atom. The smallest absolute Gasteiger partial charge is 0.104 e. The van der Waals surface area contributed by atoms with Crippen molar-refractivity contribution in [3.63, 3.8) is 0 Å². The summed E-state index contributed by atoms with van der Waals surface area (Å²) in [4.78, 5) is 0. The minimum Gasteiger partial charge on any atom is -0.323 e. The van der Waals surface area contributed by atoms with Crippen molar-refractivity contribution in [2.45, 2.75) is 58.4 Å². The van der Waals surface area contributed by atoms with Crippen LogP contribution in [0.1, 0.15) is 63.0 Å². The van der Waals surface area contributed by atoms with E-state index in [4.69, 9.17) is 0 Å². The molecule has 0 saturated heterocycles. The lowest BCUT2D eigenvalue weighted by Crippen LogP contribution is -2.42. The Bertz CT molecular complexity index is 369. The maximum atomic E-state index is 2.39. The van der Waals surface area contributed by atoms with Gasteiger partial charge >= 0.3 is 0 Å². The van der Waals surface area contributed by atoms with Gasteiger partial charge in [0.15, 0.2) is 0 Å². The minimum atomic E-state index is 0.834. The molecular formula is C18H30N+. The van der Waals surface area contributed by atoms with Crippen molar-refractivity contribution in [2.24, 2.45) is 0 Å². The second-order valence-electron chi connectivity index (χ2n) is 6.49. The van der Waals surface area contributed by atoms with Gasteiger partial charge in [0, 0.05) is 5.56 Å². The van der Waals surface area contributed by atoms with E-state index >= 15 is 0 Å². The maximum absolute atomic E-state index is 2.39. The first-order chi connectivity index (χ1) is 9.17. The van der Waals surface area contributed by atoms with E-state index in [2.05, 4.69) is 45.2 Å². The van der Waals surface area contributed by atoms with Crippen LogP contribution in [-0.4, -0.2) is 24.6 Å². The normalized spacial score (nSPS) is 17.6. The Balaban J connectivity index is 2.01. The zero-order valence-corrected chi connectivity index (χ0v) is 13.0. The highest BCUT2D eigenvalue weighted by Gasteiger charge is 2.18. The largest absolute Gasteiger partial charge is 0.323 e. The Morgan fingerprint density at radius 2 is 1.53 bits per heavy atom. The molecule has 0 bridgehead atoms. The zero-order chi connectivity index (χ0) is 13.7. The highest BCUT2D eigenvalue weighted by Crippen LogP contribution is 2.32. The minimum absolute atomic E-state index is 0.834. The van der Waals surface area contributed by atoms with Crippen LogP contribution in [0.4, 0.5) is 0 Å². The summed E-state index contributed by atoms with van der Waals surface area (Å²) in [5.74, 6) is 0.834. The molecule has 0 aliphatic heterocycles. The van der Waals surface area contributed by atoms with Gasteiger partial charge in [-0.2, -0.15) is 0 Å². The Labute approximate surface area is 119 Å². The van der Waals surface area contributed by atoms with E-state index in [0.29, 0.717) is 0 Å². The summed E-state index contributed by atoms with van der Waals surface area (Å²) >= 11 is 0. The summed E-state index contributed by atoms with van der Waals surface area (Å²) in [6, 6.07) is 9.51.